The van der Waals surface area contributed by atoms with Gasteiger partial charge in [-0.15, -0.1) is 0 Å². The molecule has 0 fully saturated rings. The van der Waals surface area contributed by atoms with Crippen LogP contribution >= 0.6 is 11.6 Å². The Bertz CT molecular complexity index is 491. The number of hydrogen-bond acceptors (Lipinski definition) is 2. The second-order valence-corrected chi connectivity index (χ2v) is 5.01. The van der Waals surface area contributed by atoms with E-state index in [1.165, 1.54) is 17.0 Å². The van der Waals surface area contributed by atoms with Crippen LogP contribution in [0.15, 0.2) is 18.2 Å². The summed E-state index contributed by atoms with van der Waals surface area (Å²) in [5.74, 6) is -2.22. The Morgan fingerprint density at radius 2 is 2.05 bits per heavy atom. The molecule has 0 unspecified atom stereocenters. The van der Waals surface area contributed by atoms with Crippen molar-refractivity contribution in [2.75, 3.05) is 13.1 Å². The summed E-state index contributed by atoms with van der Waals surface area (Å²) < 4.78 is 13.3. The Hall–Kier alpha value is -1.62. The summed E-state index contributed by atoms with van der Waals surface area (Å²) in [7, 11) is 0. The number of carboxylic acid groups (broad SMARTS) is 1. The van der Waals surface area contributed by atoms with Gasteiger partial charge in [0.05, 0.1) is 5.02 Å². The van der Waals surface area contributed by atoms with E-state index in [2.05, 4.69) is 0 Å². The second kappa shape index (κ2) is 6.52. The maximum absolute atomic E-state index is 13.3. The molecule has 0 saturated heterocycles. The second-order valence-electron chi connectivity index (χ2n) is 4.60. The van der Waals surface area contributed by atoms with E-state index in [-0.39, 0.29) is 23.0 Å². The summed E-state index contributed by atoms with van der Waals surface area (Å²) in [4.78, 5) is 24.1. The third-order valence-electron chi connectivity index (χ3n) is 2.37. The maximum atomic E-state index is 13.3. The topological polar surface area (TPSA) is 57.6 Å². The van der Waals surface area contributed by atoms with Gasteiger partial charge in [-0.25, -0.2) is 4.39 Å². The van der Waals surface area contributed by atoms with Crippen molar-refractivity contribution in [2.45, 2.75) is 13.8 Å². The average molecular weight is 288 g/mol. The Labute approximate surface area is 115 Å². The van der Waals surface area contributed by atoms with Gasteiger partial charge in [0.2, 0.25) is 0 Å². The first-order valence-corrected chi connectivity index (χ1v) is 6.15. The molecule has 0 saturated carbocycles. The predicted octanol–water partition coefficient (Wildman–Crippen LogP) is 2.66. The smallest absolute Gasteiger partial charge is 0.323 e. The van der Waals surface area contributed by atoms with Crippen molar-refractivity contribution in [2.24, 2.45) is 5.92 Å². The lowest BCUT2D eigenvalue weighted by Gasteiger charge is -2.22. The molecule has 1 amide bonds. The molecule has 0 aromatic heterocycles. The molecule has 1 N–H and O–H groups in total. The number of amides is 1. The molecular formula is C13H15ClFNO3. The molecule has 1 rings (SSSR count). The molecule has 1 aromatic carbocycles. The van der Waals surface area contributed by atoms with Crippen LogP contribution in [0, 0.1) is 11.7 Å². The highest BCUT2D eigenvalue weighted by Gasteiger charge is 2.20. The molecule has 0 atom stereocenters. The van der Waals surface area contributed by atoms with Gasteiger partial charge in [0.25, 0.3) is 5.91 Å². The molecule has 0 heterocycles. The van der Waals surface area contributed by atoms with E-state index in [9.17, 15) is 14.0 Å². The standard InChI is InChI=1S/C13H15ClFNO3/c1-8(2)6-16(7-12(17)18)13(19)9-3-4-10(14)11(15)5-9/h3-5,8H,6-7H2,1-2H3,(H,17,18). The molecule has 0 aliphatic heterocycles. The number of carboxylic acids is 1. The highest BCUT2D eigenvalue weighted by Crippen LogP contribution is 2.17. The zero-order valence-electron chi connectivity index (χ0n) is 10.7. The van der Waals surface area contributed by atoms with Crippen molar-refractivity contribution in [1.29, 1.82) is 0 Å². The Morgan fingerprint density at radius 3 is 2.53 bits per heavy atom. The van der Waals surface area contributed by atoms with E-state index in [0.717, 1.165) is 6.07 Å². The number of hydrogen-bond donors (Lipinski definition) is 1. The van der Waals surface area contributed by atoms with Crippen LogP contribution in [0.3, 0.4) is 0 Å². The summed E-state index contributed by atoms with van der Waals surface area (Å²) in [5, 5.41) is 8.72. The van der Waals surface area contributed by atoms with Crippen LogP contribution in [0.4, 0.5) is 4.39 Å². The summed E-state index contributed by atoms with van der Waals surface area (Å²) in [6.07, 6.45) is 0. The van der Waals surface area contributed by atoms with Crippen molar-refractivity contribution < 1.29 is 19.1 Å². The molecule has 0 radical (unpaired) electrons. The van der Waals surface area contributed by atoms with Crippen molar-refractivity contribution in [3.8, 4) is 0 Å². The monoisotopic (exact) mass is 287 g/mol. The number of benzene rings is 1. The fourth-order valence-electron chi connectivity index (χ4n) is 1.64. The van der Waals surface area contributed by atoms with E-state index < -0.39 is 24.2 Å². The normalized spacial score (nSPS) is 10.6. The Kier molecular flexibility index (Phi) is 5.30. The summed E-state index contributed by atoms with van der Waals surface area (Å²) in [5.41, 5.74) is 0.0869. The fraction of sp³-hybridized carbons (Fsp3) is 0.385. The lowest BCUT2D eigenvalue weighted by molar-refractivity contribution is -0.137. The summed E-state index contributed by atoms with van der Waals surface area (Å²) in [6, 6.07) is 3.67. The Morgan fingerprint density at radius 1 is 1.42 bits per heavy atom. The number of carbonyl (C=O) groups is 2. The lowest BCUT2D eigenvalue weighted by atomic mass is 10.1. The average Bonchev–Trinajstić information content (AvgIpc) is 2.29. The van der Waals surface area contributed by atoms with Crippen LogP contribution in [0.25, 0.3) is 0 Å². The number of carbonyl (C=O) groups excluding carboxylic acids is 1. The number of halogens is 2. The van der Waals surface area contributed by atoms with Gasteiger partial charge < -0.3 is 10.0 Å². The molecule has 6 heteroatoms. The molecule has 0 spiro atoms. The van der Waals surface area contributed by atoms with E-state index in [0.29, 0.717) is 0 Å². The fourth-order valence-corrected chi connectivity index (χ4v) is 1.75. The first-order chi connectivity index (χ1) is 8.81. The molecule has 104 valence electrons. The van der Waals surface area contributed by atoms with Gasteiger partial charge in [0.15, 0.2) is 0 Å². The third-order valence-corrected chi connectivity index (χ3v) is 2.67. The summed E-state index contributed by atoms with van der Waals surface area (Å²) in [6.45, 7) is 3.60. The van der Waals surface area contributed by atoms with Gasteiger partial charge in [-0.2, -0.15) is 0 Å². The molecule has 0 aliphatic rings. The maximum Gasteiger partial charge on any atom is 0.323 e. The van der Waals surface area contributed by atoms with Crippen LogP contribution in [0.5, 0.6) is 0 Å². The largest absolute Gasteiger partial charge is 0.480 e. The minimum Gasteiger partial charge on any atom is -0.480 e. The zero-order chi connectivity index (χ0) is 14.6. The van der Waals surface area contributed by atoms with Gasteiger partial charge in [-0.1, -0.05) is 25.4 Å². The molecular weight excluding hydrogens is 273 g/mol. The van der Waals surface area contributed by atoms with Crippen LogP contribution in [0.1, 0.15) is 24.2 Å². The van der Waals surface area contributed by atoms with E-state index in [1.54, 1.807) is 0 Å². The molecule has 4 nitrogen and oxygen atoms in total. The van der Waals surface area contributed by atoms with Crippen molar-refractivity contribution in [3.63, 3.8) is 0 Å². The van der Waals surface area contributed by atoms with Crippen molar-refractivity contribution >= 4 is 23.5 Å². The minimum absolute atomic E-state index is 0.0785. The first-order valence-electron chi connectivity index (χ1n) is 5.77. The van der Waals surface area contributed by atoms with E-state index in [4.69, 9.17) is 16.7 Å². The van der Waals surface area contributed by atoms with Gasteiger partial charge in [-0.05, 0) is 24.1 Å². The quantitative estimate of drug-likeness (QED) is 0.906. The van der Waals surface area contributed by atoms with Crippen molar-refractivity contribution in [3.05, 3.63) is 34.6 Å². The summed E-state index contributed by atoms with van der Waals surface area (Å²) >= 11 is 5.54. The van der Waals surface area contributed by atoms with Crippen LogP contribution in [-0.4, -0.2) is 35.0 Å². The zero-order valence-corrected chi connectivity index (χ0v) is 11.4. The highest BCUT2D eigenvalue weighted by atomic mass is 35.5. The SMILES string of the molecule is CC(C)CN(CC(=O)O)C(=O)c1ccc(Cl)c(F)c1. The molecule has 0 aliphatic carbocycles. The number of nitrogens with zero attached hydrogens (tertiary/aromatic N) is 1. The van der Waals surface area contributed by atoms with E-state index >= 15 is 0 Å². The van der Waals surface area contributed by atoms with Crippen LogP contribution in [0.2, 0.25) is 5.02 Å². The van der Waals surface area contributed by atoms with Gasteiger partial charge in [-0.3, -0.25) is 9.59 Å². The Balaban J connectivity index is 2.97. The minimum atomic E-state index is -1.11. The lowest BCUT2D eigenvalue weighted by Crippen LogP contribution is -2.38. The van der Waals surface area contributed by atoms with Gasteiger partial charge >= 0.3 is 5.97 Å². The van der Waals surface area contributed by atoms with Gasteiger partial charge in [0, 0.05) is 12.1 Å². The number of aliphatic carboxylic acids is 1. The predicted molar refractivity (Wildman–Crippen MR) is 69.8 cm³/mol. The van der Waals surface area contributed by atoms with Crippen molar-refractivity contribution in [1.82, 2.24) is 4.90 Å². The first kappa shape index (κ1) is 15.4. The van der Waals surface area contributed by atoms with Gasteiger partial charge in [0.1, 0.15) is 12.4 Å². The van der Waals surface area contributed by atoms with E-state index in [1.807, 2.05) is 13.8 Å². The number of rotatable bonds is 5. The molecule has 1 aromatic rings. The highest BCUT2D eigenvalue weighted by molar-refractivity contribution is 6.30. The van der Waals surface area contributed by atoms with Crippen LogP contribution in [-0.2, 0) is 4.79 Å². The third kappa shape index (κ3) is 4.52. The molecule has 19 heavy (non-hydrogen) atoms. The van der Waals surface area contributed by atoms with Crippen LogP contribution < -0.4 is 0 Å². The molecule has 0 bridgehead atoms.